The van der Waals surface area contributed by atoms with E-state index >= 15 is 0 Å². The summed E-state index contributed by atoms with van der Waals surface area (Å²) in [5.41, 5.74) is 0. The second kappa shape index (κ2) is 51.4. The van der Waals surface area contributed by atoms with Gasteiger partial charge in [-0.05, 0) is 25.2 Å². The summed E-state index contributed by atoms with van der Waals surface area (Å²) in [4.78, 5) is 38.1. The average Bonchev–Trinajstić information content (AvgIpc) is 3.27. The number of hydrogen-bond donors (Lipinski definition) is 0. The lowest BCUT2D eigenvalue weighted by Crippen LogP contribution is -2.30. The third-order valence-electron chi connectivity index (χ3n) is 13.0. The van der Waals surface area contributed by atoms with Crippen molar-refractivity contribution in [3.63, 3.8) is 0 Å². The summed E-state index contributed by atoms with van der Waals surface area (Å²) in [6.45, 7) is 9.06. The largest absolute Gasteiger partial charge is 0.462 e. The Hall–Kier alpha value is -1.59. The zero-order chi connectivity index (χ0) is 45.9. The minimum atomic E-state index is -0.761. The van der Waals surface area contributed by atoms with Gasteiger partial charge in [0.1, 0.15) is 13.2 Å². The molecule has 63 heavy (non-hydrogen) atoms. The Balaban J connectivity index is 4.28. The van der Waals surface area contributed by atoms with Crippen molar-refractivity contribution in [1.82, 2.24) is 0 Å². The van der Waals surface area contributed by atoms with E-state index < -0.39 is 6.10 Å². The normalized spacial score (nSPS) is 12.0. The molecule has 1 atom stereocenters. The van der Waals surface area contributed by atoms with E-state index in [0.717, 1.165) is 63.7 Å². The van der Waals surface area contributed by atoms with Crippen molar-refractivity contribution in [1.29, 1.82) is 0 Å². The first-order valence-electron chi connectivity index (χ1n) is 28.4. The van der Waals surface area contributed by atoms with Gasteiger partial charge in [0.15, 0.2) is 6.10 Å². The highest BCUT2D eigenvalue weighted by Gasteiger charge is 2.19. The standard InChI is InChI=1S/C57H110O6/c1-5-7-9-11-13-15-17-19-25-30-34-38-42-46-50-57(60)63-54(51-61-55(58)48-44-40-36-32-28-23-18-16-14-12-10-8-6-2)52-62-56(59)49-45-41-37-33-29-26-22-20-21-24-27-31-35-39-43-47-53(3)4/h53-54H,5-52H2,1-4H3/t54-/m0/s1. The zero-order valence-electron chi connectivity index (χ0n) is 43.0. The fourth-order valence-corrected chi connectivity index (χ4v) is 8.75. The van der Waals surface area contributed by atoms with E-state index in [-0.39, 0.29) is 31.1 Å². The van der Waals surface area contributed by atoms with Crippen LogP contribution in [-0.4, -0.2) is 37.2 Å². The Bertz CT molecular complexity index is 949. The number of esters is 3. The van der Waals surface area contributed by atoms with Crippen LogP contribution in [0.15, 0.2) is 0 Å². The van der Waals surface area contributed by atoms with Crippen LogP contribution in [-0.2, 0) is 28.6 Å². The summed E-state index contributed by atoms with van der Waals surface area (Å²) in [5, 5.41) is 0. The molecule has 0 N–H and O–H groups in total. The summed E-state index contributed by atoms with van der Waals surface area (Å²) >= 11 is 0. The maximum absolute atomic E-state index is 12.8. The summed E-state index contributed by atoms with van der Waals surface area (Å²) in [6, 6.07) is 0. The van der Waals surface area contributed by atoms with Crippen molar-refractivity contribution in [2.24, 2.45) is 5.92 Å². The van der Waals surface area contributed by atoms with Crippen LogP contribution in [0.25, 0.3) is 0 Å². The summed E-state index contributed by atoms with van der Waals surface area (Å²) in [7, 11) is 0. The van der Waals surface area contributed by atoms with Gasteiger partial charge in [-0.2, -0.15) is 0 Å². The van der Waals surface area contributed by atoms with Crippen molar-refractivity contribution in [2.75, 3.05) is 13.2 Å². The van der Waals surface area contributed by atoms with Crippen molar-refractivity contribution < 1.29 is 28.6 Å². The molecule has 0 rings (SSSR count). The lowest BCUT2D eigenvalue weighted by atomic mass is 10.0. The van der Waals surface area contributed by atoms with Gasteiger partial charge in [0.2, 0.25) is 0 Å². The second-order valence-corrected chi connectivity index (χ2v) is 20.1. The Morgan fingerprint density at radius 3 is 0.778 bits per heavy atom. The summed E-state index contributed by atoms with van der Waals surface area (Å²) in [5.74, 6) is 0.0130. The van der Waals surface area contributed by atoms with Gasteiger partial charge in [-0.3, -0.25) is 14.4 Å². The van der Waals surface area contributed by atoms with E-state index in [1.165, 1.54) is 218 Å². The number of ether oxygens (including phenoxy) is 3. The van der Waals surface area contributed by atoms with Crippen molar-refractivity contribution >= 4 is 17.9 Å². The van der Waals surface area contributed by atoms with E-state index in [2.05, 4.69) is 27.7 Å². The highest BCUT2D eigenvalue weighted by atomic mass is 16.6. The molecule has 0 aliphatic heterocycles. The molecule has 0 aliphatic carbocycles. The molecule has 0 heterocycles. The van der Waals surface area contributed by atoms with E-state index in [1.54, 1.807) is 0 Å². The topological polar surface area (TPSA) is 78.9 Å². The number of rotatable bonds is 52. The Morgan fingerprint density at radius 1 is 0.302 bits per heavy atom. The molecule has 0 aromatic rings. The van der Waals surface area contributed by atoms with Gasteiger partial charge in [-0.25, -0.2) is 0 Å². The van der Waals surface area contributed by atoms with E-state index in [9.17, 15) is 14.4 Å². The molecule has 0 fully saturated rings. The van der Waals surface area contributed by atoms with E-state index in [0.29, 0.717) is 19.3 Å². The Labute approximate surface area is 393 Å². The predicted octanol–water partition coefficient (Wildman–Crippen LogP) is 18.6. The number of carbonyl (C=O) groups excluding carboxylic acids is 3. The van der Waals surface area contributed by atoms with E-state index in [1.807, 2.05) is 0 Å². The Kier molecular flexibility index (Phi) is 50.1. The highest BCUT2D eigenvalue weighted by molar-refractivity contribution is 5.71. The zero-order valence-corrected chi connectivity index (χ0v) is 43.0. The maximum Gasteiger partial charge on any atom is 0.306 e. The first-order valence-corrected chi connectivity index (χ1v) is 28.4. The molecular weight excluding hydrogens is 781 g/mol. The van der Waals surface area contributed by atoms with Crippen LogP contribution in [0.3, 0.4) is 0 Å². The first kappa shape index (κ1) is 61.4. The molecule has 0 aromatic heterocycles. The van der Waals surface area contributed by atoms with Crippen molar-refractivity contribution in [3.05, 3.63) is 0 Å². The number of carbonyl (C=O) groups is 3. The molecule has 0 saturated heterocycles. The Morgan fingerprint density at radius 2 is 0.524 bits per heavy atom. The first-order chi connectivity index (χ1) is 30.9. The average molecular weight is 892 g/mol. The lowest BCUT2D eigenvalue weighted by molar-refractivity contribution is -0.167. The van der Waals surface area contributed by atoms with Gasteiger partial charge in [0, 0.05) is 19.3 Å². The molecule has 374 valence electrons. The SMILES string of the molecule is CCCCCCCCCCCCCCCCC(=O)O[C@@H](COC(=O)CCCCCCCCCCCCCCC)COC(=O)CCCCCCCCCCCCCCCCCC(C)C. The minimum Gasteiger partial charge on any atom is -0.462 e. The molecule has 6 nitrogen and oxygen atoms in total. The van der Waals surface area contributed by atoms with Crippen molar-refractivity contribution in [2.45, 2.75) is 329 Å². The van der Waals surface area contributed by atoms with Gasteiger partial charge in [0.25, 0.3) is 0 Å². The molecule has 6 heteroatoms. The molecule has 0 bridgehead atoms. The van der Waals surface area contributed by atoms with Crippen LogP contribution in [0.1, 0.15) is 323 Å². The fraction of sp³-hybridized carbons (Fsp3) is 0.947. The van der Waals surface area contributed by atoms with Crippen LogP contribution in [0.2, 0.25) is 0 Å². The van der Waals surface area contributed by atoms with Gasteiger partial charge in [-0.15, -0.1) is 0 Å². The smallest absolute Gasteiger partial charge is 0.306 e. The highest BCUT2D eigenvalue weighted by Crippen LogP contribution is 2.18. The van der Waals surface area contributed by atoms with Crippen LogP contribution in [0, 0.1) is 5.92 Å². The van der Waals surface area contributed by atoms with Crippen LogP contribution in [0.5, 0.6) is 0 Å². The van der Waals surface area contributed by atoms with Crippen LogP contribution in [0.4, 0.5) is 0 Å². The van der Waals surface area contributed by atoms with Crippen LogP contribution >= 0.6 is 0 Å². The third kappa shape index (κ3) is 51.3. The van der Waals surface area contributed by atoms with Gasteiger partial charge in [-0.1, -0.05) is 285 Å². The number of hydrogen-bond acceptors (Lipinski definition) is 6. The predicted molar refractivity (Wildman–Crippen MR) is 270 cm³/mol. The number of unbranched alkanes of at least 4 members (excludes halogenated alkanes) is 39. The molecule has 0 aromatic carbocycles. The van der Waals surface area contributed by atoms with Gasteiger partial charge >= 0.3 is 17.9 Å². The lowest BCUT2D eigenvalue weighted by Gasteiger charge is -2.18. The summed E-state index contributed by atoms with van der Waals surface area (Å²) < 4.78 is 16.9. The molecule has 0 saturated carbocycles. The molecule has 0 amide bonds. The summed E-state index contributed by atoms with van der Waals surface area (Å²) in [6.07, 6.45) is 55.1. The minimum absolute atomic E-state index is 0.0619. The monoisotopic (exact) mass is 891 g/mol. The third-order valence-corrected chi connectivity index (χ3v) is 13.0. The van der Waals surface area contributed by atoms with Crippen molar-refractivity contribution in [3.8, 4) is 0 Å². The quantitative estimate of drug-likeness (QED) is 0.0344. The van der Waals surface area contributed by atoms with Crippen LogP contribution < -0.4 is 0 Å². The molecule has 0 radical (unpaired) electrons. The molecule has 0 unspecified atom stereocenters. The maximum atomic E-state index is 12.8. The second-order valence-electron chi connectivity index (χ2n) is 20.1. The van der Waals surface area contributed by atoms with Gasteiger partial charge < -0.3 is 14.2 Å². The molecule has 0 spiro atoms. The van der Waals surface area contributed by atoms with Gasteiger partial charge in [0.05, 0.1) is 0 Å². The fourth-order valence-electron chi connectivity index (χ4n) is 8.75. The molecule has 0 aliphatic rings. The van der Waals surface area contributed by atoms with E-state index in [4.69, 9.17) is 14.2 Å². The molecular formula is C57H110O6.